The van der Waals surface area contributed by atoms with E-state index in [0.717, 1.165) is 5.57 Å². The molecule has 1 aromatic carbocycles. The molecule has 5 heteroatoms. The Kier molecular flexibility index (Phi) is 5.11. The number of benzene rings is 1. The van der Waals surface area contributed by atoms with Gasteiger partial charge in [-0.2, -0.15) is 0 Å². The molecule has 0 atom stereocenters. The molecule has 0 saturated heterocycles. The Hall–Kier alpha value is -2.30. The van der Waals surface area contributed by atoms with Crippen molar-refractivity contribution in [3.05, 3.63) is 41.6 Å². The van der Waals surface area contributed by atoms with Crippen molar-refractivity contribution in [1.82, 2.24) is 5.32 Å². The normalized spacial score (nSPS) is 11.3. The third-order valence-electron chi connectivity index (χ3n) is 2.71. The van der Waals surface area contributed by atoms with Gasteiger partial charge < -0.3 is 15.7 Å². The zero-order valence-corrected chi connectivity index (χ0v) is 11.2. The van der Waals surface area contributed by atoms with E-state index in [-0.39, 0.29) is 5.56 Å². The van der Waals surface area contributed by atoms with Crippen molar-refractivity contribution in [1.29, 1.82) is 0 Å². The van der Waals surface area contributed by atoms with Gasteiger partial charge in [0.25, 0.3) is 0 Å². The molecule has 0 saturated carbocycles. The van der Waals surface area contributed by atoms with Crippen LogP contribution in [0.2, 0.25) is 0 Å². The molecule has 0 fully saturated rings. The van der Waals surface area contributed by atoms with E-state index in [1.807, 2.05) is 20.8 Å². The molecule has 0 radical (unpaired) electrons. The highest BCUT2D eigenvalue weighted by Crippen LogP contribution is 2.10. The first-order chi connectivity index (χ1) is 8.90. The van der Waals surface area contributed by atoms with Gasteiger partial charge in [-0.3, -0.25) is 0 Å². The first-order valence-electron chi connectivity index (χ1n) is 5.97. The molecule has 19 heavy (non-hydrogen) atoms. The quantitative estimate of drug-likeness (QED) is 0.780. The number of carbonyl (C=O) groups is 2. The van der Waals surface area contributed by atoms with E-state index >= 15 is 0 Å². The summed E-state index contributed by atoms with van der Waals surface area (Å²) in [6.07, 6.45) is 1.64. The van der Waals surface area contributed by atoms with E-state index in [2.05, 4.69) is 10.6 Å². The molecule has 0 unspecified atom stereocenters. The molecule has 0 bridgehead atoms. The number of hydrogen-bond donors (Lipinski definition) is 3. The van der Waals surface area contributed by atoms with E-state index in [9.17, 15) is 9.59 Å². The van der Waals surface area contributed by atoms with Crippen molar-refractivity contribution in [3.63, 3.8) is 0 Å². The lowest BCUT2D eigenvalue weighted by atomic mass is 10.1. The number of nitrogens with one attached hydrogen (secondary N) is 2. The van der Waals surface area contributed by atoms with Gasteiger partial charge in [-0.15, -0.1) is 0 Å². The molecule has 3 N–H and O–H groups in total. The summed E-state index contributed by atoms with van der Waals surface area (Å²) in [6.45, 7) is 5.99. The molecule has 2 amide bonds. The Morgan fingerprint density at radius 2 is 2.00 bits per heavy atom. The van der Waals surface area contributed by atoms with Gasteiger partial charge in [-0.25, -0.2) is 9.59 Å². The van der Waals surface area contributed by atoms with Crippen molar-refractivity contribution in [2.45, 2.75) is 20.8 Å². The number of anilines is 1. The SMILES string of the molecule is C/C(=C\NC(=O)Nc1cccc(C(=O)O)c1)C(C)C. The Labute approximate surface area is 112 Å². The van der Waals surface area contributed by atoms with Gasteiger partial charge in [0, 0.05) is 11.9 Å². The Morgan fingerprint density at radius 1 is 1.32 bits per heavy atom. The summed E-state index contributed by atoms with van der Waals surface area (Å²) in [4.78, 5) is 22.4. The predicted molar refractivity (Wildman–Crippen MR) is 74.2 cm³/mol. The average Bonchev–Trinajstić information content (AvgIpc) is 2.36. The van der Waals surface area contributed by atoms with Crippen LogP contribution in [0.3, 0.4) is 0 Å². The maximum Gasteiger partial charge on any atom is 0.335 e. The number of carbonyl (C=O) groups excluding carboxylic acids is 1. The Balaban J connectivity index is 2.65. The highest BCUT2D eigenvalue weighted by Gasteiger charge is 2.05. The summed E-state index contributed by atoms with van der Waals surface area (Å²) in [5.74, 6) is -0.671. The van der Waals surface area contributed by atoms with E-state index in [1.165, 1.54) is 12.1 Å². The molecule has 1 aromatic rings. The fourth-order valence-corrected chi connectivity index (χ4v) is 1.24. The average molecular weight is 262 g/mol. The van der Waals surface area contributed by atoms with Gasteiger partial charge in [0.15, 0.2) is 0 Å². The topological polar surface area (TPSA) is 78.4 Å². The lowest BCUT2D eigenvalue weighted by molar-refractivity contribution is 0.0697. The monoisotopic (exact) mass is 262 g/mol. The minimum Gasteiger partial charge on any atom is -0.478 e. The van der Waals surface area contributed by atoms with Gasteiger partial charge in [-0.1, -0.05) is 25.5 Å². The van der Waals surface area contributed by atoms with Crippen molar-refractivity contribution in [2.24, 2.45) is 5.92 Å². The first kappa shape index (κ1) is 14.8. The largest absolute Gasteiger partial charge is 0.478 e. The number of carboxylic acid groups (broad SMARTS) is 1. The maximum atomic E-state index is 11.6. The van der Waals surface area contributed by atoms with E-state index < -0.39 is 12.0 Å². The lowest BCUT2D eigenvalue weighted by Gasteiger charge is -2.08. The smallest absolute Gasteiger partial charge is 0.335 e. The van der Waals surface area contributed by atoms with Crippen LogP contribution in [0.1, 0.15) is 31.1 Å². The van der Waals surface area contributed by atoms with E-state index in [4.69, 9.17) is 5.11 Å². The molecule has 0 heterocycles. The number of aromatic carboxylic acids is 1. The minimum absolute atomic E-state index is 0.131. The second-order valence-electron chi connectivity index (χ2n) is 4.53. The lowest BCUT2D eigenvalue weighted by Crippen LogP contribution is -2.24. The molecule has 1 rings (SSSR count). The van der Waals surface area contributed by atoms with Crippen LogP contribution in [-0.4, -0.2) is 17.1 Å². The summed E-state index contributed by atoms with van der Waals surface area (Å²) in [7, 11) is 0. The highest BCUT2D eigenvalue weighted by atomic mass is 16.4. The molecule has 0 aliphatic carbocycles. The molecule has 0 aliphatic rings. The van der Waals surface area contributed by atoms with Gasteiger partial charge in [0.2, 0.25) is 0 Å². The van der Waals surface area contributed by atoms with Crippen LogP contribution < -0.4 is 10.6 Å². The summed E-state index contributed by atoms with van der Waals surface area (Å²) in [5, 5.41) is 14.0. The number of hydrogen-bond acceptors (Lipinski definition) is 2. The standard InChI is InChI=1S/C14H18N2O3/c1-9(2)10(3)8-15-14(19)16-12-6-4-5-11(7-12)13(17)18/h4-9H,1-3H3,(H,17,18)(H2,15,16,19)/b10-8+. The number of amides is 2. The van der Waals surface area contributed by atoms with Crippen molar-refractivity contribution < 1.29 is 14.7 Å². The zero-order valence-electron chi connectivity index (χ0n) is 11.2. The van der Waals surface area contributed by atoms with Crippen LogP contribution in [0.4, 0.5) is 10.5 Å². The molecular formula is C14H18N2O3. The van der Waals surface area contributed by atoms with Crippen molar-refractivity contribution in [2.75, 3.05) is 5.32 Å². The van der Waals surface area contributed by atoms with Gasteiger partial charge in [0.1, 0.15) is 0 Å². The third-order valence-corrected chi connectivity index (χ3v) is 2.71. The van der Waals surface area contributed by atoms with Crippen LogP contribution in [-0.2, 0) is 0 Å². The van der Waals surface area contributed by atoms with E-state index in [1.54, 1.807) is 18.3 Å². The van der Waals surface area contributed by atoms with Crippen LogP contribution in [0, 0.1) is 5.92 Å². The Bertz CT molecular complexity index is 507. The van der Waals surface area contributed by atoms with Crippen molar-refractivity contribution >= 4 is 17.7 Å². The number of carboxylic acids is 1. The van der Waals surface area contributed by atoms with Gasteiger partial charge in [0.05, 0.1) is 5.56 Å². The fraction of sp³-hybridized carbons (Fsp3) is 0.286. The number of allylic oxidation sites excluding steroid dienone is 1. The summed E-state index contributed by atoms with van der Waals surface area (Å²) >= 11 is 0. The van der Waals surface area contributed by atoms with Gasteiger partial charge in [-0.05, 0) is 31.0 Å². The summed E-state index contributed by atoms with van der Waals surface area (Å²) in [5.41, 5.74) is 1.62. The Morgan fingerprint density at radius 3 is 2.58 bits per heavy atom. The number of rotatable bonds is 4. The van der Waals surface area contributed by atoms with Crippen LogP contribution >= 0.6 is 0 Å². The van der Waals surface area contributed by atoms with E-state index in [0.29, 0.717) is 11.6 Å². The van der Waals surface area contributed by atoms with Crippen LogP contribution in [0.25, 0.3) is 0 Å². The zero-order chi connectivity index (χ0) is 14.4. The molecule has 0 spiro atoms. The fourth-order valence-electron chi connectivity index (χ4n) is 1.24. The second kappa shape index (κ2) is 6.58. The summed E-state index contributed by atoms with van der Waals surface area (Å²) < 4.78 is 0. The highest BCUT2D eigenvalue weighted by molar-refractivity contribution is 5.93. The van der Waals surface area contributed by atoms with Crippen LogP contribution in [0.15, 0.2) is 36.0 Å². The molecule has 5 nitrogen and oxygen atoms in total. The molecule has 102 valence electrons. The molecular weight excluding hydrogens is 244 g/mol. The summed E-state index contributed by atoms with van der Waals surface area (Å²) in [6, 6.07) is 5.68. The third kappa shape index (κ3) is 4.83. The van der Waals surface area contributed by atoms with Crippen molar-refractivity contribution in [3.8, 4) is 0 Å². The van der Waals surface area contributed by atoms with Gasteiger partial charge >= 0.3 is 12.0 Å². The maximum absolute atomic E-state index is 11.6. The first-order valence-corrected chi connectivity index (χ1v) is 5.97. The molecule has 0 aliphatic heterocycles. The molecule has 0 aromatic heterocycles. The second-order valence-corrected chi connectivity index (χ2v) is 4.53. The minimum atomic E-state index is -1.03. The van der Waals surface area contributed by atoms with Crippen LogP contribution in [0.5, 0.6) is 0 Å². The number of urea groups is 1. The predicted octanol–water partition coefficient (Wildman–Crippen LogP) is 3.07.